The van der Waals surface area contributed by atoms with Crippen molar-refractivity contribution >= 4 is 11.8 Å². The maximum Gasteiger partial charge on any atom is 0.354 e. The molecule has 2 aromatic rings. The van der Waals surface area contributed by atoms with Crippen molar-refractivity contribution in [3.05, 3.63) is 35.8 Å². The summed E-state index contributed by atoms with van der Waals surface area (Å²) >= 11 is 0. The standard InChI is InChI=1S/C16H19N5O2/c22-16(23)13-4-1-5-15(17-13)21-8-2-3-12(21)9-20-10-14(18-19-20)11-6-7-11/h1,4-5,10-12H,2-3,6-9H2,(H,22,23)/t12-/m0/s1. The Hall–Kier alpha value is -2.44. The van der Waals surface area contributed by atoms with Crippen LogP contribution in [0.25, 0.3) is 0 Å². The van der Waals surface area contributed by atoms with Crippen LogP contribution in [-0.2, 0) is 6.54 Å². The van der Waals surface area contributed by atoms with Crippen LogP contribution in [-0.4, -0.2) is 43.6 Å². The Labute approximate surface area is 133 Å². The van der Waals surface area contributed by atoms with Gasteiger partial charge in [-0.2, -0.15) is 0 Å². The zero-order chi connectivity index (χ0) is 15.8. The summed E-state index contributed by atoms with van der Waals surface area (Å²) in [6.07, 6.45) is 6.63. The highest BCUT2D eigenvalue weighted by atomic mass is 16.4. The van der Waals surface area contributed by atoms with Gasteiger partial charge in [-0.1, -0.05) is 11.3 Å². The van der Waals surface area contributed by atoms with Gasteiger partial charge < -0.3 is 10.0 Å². The lowest BCUT2D eigenvalue weighted by molar-refractivity contribution is 0.0690. The highest BCUT2D eigenvalue weighted by Crippen LogP contribution is 2.38. The smallest absolute Gasteiger partial charge is 0.354 e. The predicted molar refractivity (Wildman–Crippen MR) is 83.6 cm³/mol. The molecule has 120 valence electrons. The molecular formula is C16H19N5O2. The van der Waals surface area contributed by atoms with Crippen molar-refractivity contribution in [3.63, 3.8) is 0 Å². The van der Waals surface area contributed by atoms with Crippen molar-refractivity contribution in [3.8, 4) is 0 Å². The maximum absolute atomic E-state index is 11.1. The number of carboxylic acids is 1. The van der Waals surface area contributed by atoms with E-state index in [9.17, 15) is 4.79 Å². The number of nitrogens with zero attached hydrogens (tertiary/aromatic N) is 5. The van der Waals surface area contributed by atoms with Crippen molar-refractivity contribution < 1.29 is 9.90 Å². The SMILES string of the molecule is O=C(O)c1cccc(N2CCC[C@H]2Cn2cc(C3CC3)nn2)n1. The predicted octanol–water partition coefficient (Wildman–Crippen LogP) is 1.92. The summed E-state index contributed by atoms with van der Waals surface area (Å²) in [4.78, 5) is 17.6. The molecule has 1 aliphatic carbocycles. The first-order chi connectivity index (χ1) is 11.2. The minimum absolute atomic E-state index is 0.0879. The van der Waals surface area contributed by atoms with Crippen LogP contribution in [0.1, 0.15) is 47.8 Å². The number of hydrogen-bond acceptors (Lipinski definition) is 5. The summed E-state index contributed by atoms with van der Waals surface area (Å²) in [5, 5.41) is 17.6. The summed E-state index contributed by atoms with van der Waals surface area (Å²) in [7, 11) is 0. The van der Waals surface area contributed by atoms with E-state index in [-0.39, 0.29) is 11.7 Å². The third-order valence-corrected chi connectivity index (χ3v) is 4.57. The Morgan fingerprint density at radius 2 is 2.17 bits per heavy atom. The van der Waals surface area contributed by atoms with E-state index in [0.717, 1.165) is 37.4 Å². The first-order valence-corrected chi connectivity index (χ1v) is 8.08. The highest BCUT2D eigenvalue weighted by molar-refractivity contribution is 5.85. The van der Waals surface area contributed by atoms with E-state index >= 15 is 0 Å². The van der Waals surface area contributed by atoms with Crippen LogP contribution in [0.15, 0.2) is 24.4 Å². The Morgan fingerprint density at radius 3 is 2.96 bits per heavy atom. The molecule has 2 aliphatic rings. The molecule has 1 aliphatic heterocycles. The molecule has 1 atom stereocenters. The Kier molecular flexibility index (Phi) is 3.48. The van der Waals surface area contributed by atoms with Gasteiger partial charge in [-0.15, -0.1) is 5.10 Å². The summed E-state index contributed by atoms with van der Waals surface area (Å²) < 4.78 is 1.91. The van der Waals surface area contributed by atoms with E-state index in [0.29, 0.717) is 5.92 Å². The molecule has 0 amide bonds. The number of pyridine rings is 1. The molecule has 7 nitrogen and oxygen atoms in total. The van der Waals surface area contributed by atoms with Crippen LogP contribution in [0, 0.1) is 0 Å². The molecule has 23 heavy (non-hydrogen) atoms. The minimum Gasteiger partial charge on any atom is -0.477 e. The molecule has 0 bridgehead atoms. The summed E-state index contributed by atoms with van der Waals surface area (Å²) in [5.41, 5.74) is 1.19. The van der Waals surface area contributed by atoms with Gasteiger partial charge in [-0.3, -0.25) is 4.68 Å². The van der Waals surface area contributed by atoms with E-state index < -0.39 is 5.97 Å². The topological polar surface area (TPSA) is 84.1 Å². The number of carbonyl (C=O) groups is 1. The Balaban J connectivity index is 1.51. The molecule has 1 saturated heterocycles. The summed E-state index contributed by atoms with van der Waals surface area (Å²) in [6.45, 7) is 1.66. The first-order valence-electron chi connectivity index (χ1n) is 8.08. The molecule has 2 aromatic heterocycles. The molecule has 1 N–H and O–H groups in total. The lowest BCUT2D eigenvalue weighted by Gasteiger charge is -2.25. The van der Waals surface area contributed by atoms with Crippen LogP contribution in [0.5, 0.6) is 0 Å². The zero-order valence-corrected chi connectivity index (χ0v) is 12.8. The molecule has 1 saturated carbocycles. The normalized spacial score (nSPS) is 20.9. The van der Waals surface area contributed by atoms with Gasteiger partial charge in [-0.05, 0) is 37.8 Å². The van der Waals surface area contributed by atoms with Gasteiger partial charge in [-0.25, -0.2) is 9.78 Å². The van der Waals surface area contributed by atoms with Gasteiger partial charge in [0.2, 0.25) is 0 Å². The quantitative estimate of drug-likeness (QED) is 0.908. The van der Waals surface area contributed by atoms with Gasteiger partial charge >= 0.3 is 5.97 Å². The second-order valence-electron chi connectivity index (χ2n) is 6.32. The fraction of sp³-hybridized carbons (Fsp3) is 0.500. The van der Waals surface area contributed by atoms with Gasteiger partial charge in [0.15, 0.2) is 5.69 Å². The Bertz CT molecular complexity index is 725. The van der Waals surface area contributed by atoms with E-state index in [1.54, 1.807) is 6.07 Å². The molecular weight excluding hydrogens is 294 g/mol. The van der Waals surface area contributed by atoms with Gasteiger partial charge in [0, 0.05) is 18.7 Å². The lowest BCUT2D eigenvalue weighted by Crippen LogP contribution is -2.34. The van der Waals surface area contributed by atoms with E-state index in [1.165, 1.54) is 18.9 Å². The molecule has 4 rings (SSSR count). The third-order valence-electron chi connectivity index (χ3n) is 4.57. The van der Waals surface area contributed by atoms with Gasteiger partial charge in [0.1, 0.15) is 5.82 Å². The number of anilines is 1. The van der Waals surface area contributed by atoms with E-state index in [4.69, 9.17) is 5.11 Å². The summed E-state index contributed by atoms with van der Waals surface area (Å²) in [6, 6.07) is 5.43. The van der Waals surface area contributed by atoms with Gasteiger partial charge in [0.05, 0.1) is 18.3 Å². The average Bonchev–Trinajstić information content (AvgIpc) is 3.13. The second kappa shape index (κ2) is 5.64. The fourth-order valence-electron chi connectivity index (χ4n) is 3.21. The fourth-order valence-corrected chi connectivity index (χ4v) is 3.21. The zero-order valence-electron chi connectivity index (χ0n) is 12.8. The molecule has 0 spiro atoms. The molecule has 2 fully saturated rings. The van der Waals surface area contributed by atoms with Crippen LogP contribution in [0.2, 0.25) is 0 Å². The third kappa shape index (κ3) is 2.91. The van der Waals surface area contributed by atoms with Crippen molar-refractivity contribution in [1.29, 1.82) is 0 Å². The van der Waals surface area contributed by atoms with Crippen molar-refractivity contribution in [2.24, 2.45) is 0 Å². The van der Waals surface area contributed by atoms with Crippen molar-refractivity contribution in [2.45, 2.75) is 44.2 Å². The number of hydrogen-bond donors (Lipinski definition) is 1. The molecule has 0 aromatic carbocycles. The molecule has 3 heterocycles. The number of aromatic nitrogens is 4. The molecule has 0 radical (unpaired) electrons. The highest BCUT2D eigenvalue weighted by Gasteiger charge is 2.29. The van der Waals surface area contributed by atoms with E-state index in [2.05, 4.69) is 26.4 Å². The van der Waals surface area contributed by atoms with Crippen LogP contribution in [0.4, 0.5) is 5.82 Å². The van der Waals surface area contributed by atoms with Crippen LogP contribution in [0.3, 0.4) is 0 Å². The van der Waals surface area contributed by atoms with Crippen molar-refractivity contribution in [1.82, 2.24) is 20.0 Å². The monoisotopic (exact) mass is 313 g/mol. The maximum atomic E-state index is 11.1. The first kappa shape index (κ1) is 14.2. The Morgan fingerprint density at radius 1 is 1.30 bits per heavy atom. The number of carboxylic acid groups (broad SMARTS) is 1. The number of aromatic carboxylic acids is 1. The van der Waals surface area contributed by atoms with Crippen LogP contribution >= 0.6 is 0 Å². The van der Waals surface area contributed by atoms with Gasteiger partial charge in [0.25, 0.3) is 0 Å². The average molecular weight is 313 g/mol. The lowest BCUT2D eigenvalue weighted by atomic mass is 10.2. The van der Waals surface area contributed by atoms with Crippen molar-refractivity contribution in [2.75, 3.05) is 11.4 Å². The second-order valence-corrected chi connectivity index (χ2v) is 6.32. The molecule has 7 heteroatoms. The van der Waals surface area contributed by atoms with Crippen LogP contribution < -0.4 is 4.90 Å². The summed E-state index contributed by atoms with van der Waals surface area (Å²) in [5.74, 6) is 0.347. The minimum atomic E-state index is -0.993. The molecule has 0 unspecified atom stereocenters. The largest absolute Gasteiger partial charge is 0.477 e. The van der Waals surface area contributed by atoms with E-state index in [1.807, 2.05) is 10.7 Å². The number of rotatable bonds is 5.